The molecule has 0 aliphatic heterocycles. The van der Waals surface area contributed by atoms with Crippen molar-refractivity contribution in [2.45, 2.75) is 4.29 Å². The number of alkyl halides is 2. The molecule has 0 fully saturated rings. The smallest absolute Gasteiger partial charge is 0.115 e. The van der Waals surface area contributed by atoms with Gasteiger partial charge in [-0.05, 0) is 11.6 Å². The van der Waals surface area contributed by atoms with Gasteiger partial charge >= 0.3 is 0 Å². The van der Waals surface area contributed by atoms with Crippen molar-refractivity contribution in [1.29, 1.82) is 5.26 Å². The molecule has 11 heavy (non-hydrogen) atoms. The van der Waals surface area contributed by atoms with Crippen LogP contribution in [0.25, 0.3) is 0 Å². The molecule has 0 saturated heterocycles. The largest absolute Gasteiger partial charge is 0.192 e. The molecule has 0 radical (unpaired) electrons. The van der Waals surface area contributed by atoms with Gasteiger partial charge in [0.05, 0.1) is 11.6 Å². The Morgan fingerprint density at radius 3 is 2.55 bits per heavy atom. The van der Waals surface area contributed by atoms with E-state index in [1.807, 2.05) is 18.2 Å². The minimum Gasteiger partial charge on any atom is -0.192 e. The second-order valence-electron chi connectivity index (χ2n) is 2.00. The molecule has 0 aliphatic rings. The Balaban J connectivity index is 3.15. The third-order valence-corrected chi connectivity index (χ3v) is 2.04. The molecule has 0 spiro atoms. The van der Waals surface area contributed by atoms with Gasteiger partial charge in [0.15, 0.2) is 0 Å². The van der Waals surface area contributed by atoms with Crippen LogP contribution in [0.1, 0.15) is 15.4 Å². The highest BCUT2D eigenvalue weighted by Gasteiger charge is 2.06. The second-order valence-corrected chi connectivity index (χ2v) is 3.88. The maximum Gasteiger partial charge on any atom is 0.115 e. The van der Waals surface area contributed by atoms with E-state index in [0.29, 0.717) is 5.56 Å². The lowest BCUT2D eigenvalue weighted by Gasteiger charge is -2.02. The van der Waals surface area contributed by atoms with E-state index in [4.69, 9.17) is 16.9 Å². The van der Waals surface area contributed by atoms with Gasteiger partial charge in [-0.3, -0.25) is 0 Å². The van der Waals surface area contributed by atoms with Crippen molar-refractivity contribution in [2.24, 2.45) is 0 Å². The highest BCUT2D eigenvalue weighted by atomic mass is 79.9. The molecule has 56 valence electrons. The fourth-order valence-corrected chi connectivity index (χ4v) is 1.38. The summed E-state index contributed by atoms with van der Waals surface area (Å²) in [5, 5.41) is 8.64. The van der Waals surface area contributed by atoms with Crippen LogP contribution in [0, 0.1) is 11.3 Å². The van der Waals surface area contributed by atoms with E-state index in [2.05, 4.69) is 22.0 Å². The molecule has 1 nitrogen and oxygen atoms in total. The van der Waals surface area contributed by atoms with Crippen molar-refractivity contribution >= 4 is 27.5 Å². The Kier molecular flexibility index (Phi) is 2.92. The lowest BCUT2D eigenvalue weighted by atomic mass is 10.1. The van der Waals surface area contributed by atoms with E-state index < -0.39 is 0 Å². The Bertz CT molecular complexity index is 290. The average Bonchev–Trinajstić information content (AvgIpc) is 2.04. The summed E-state index contributed by atoms with van der Waals surface area (Å²) in [6.07, 6.45) is 0. The van der Waals surface area contributed by atoms with Gasteiger partial charge in [-0.15, -0.1) is 11.6 Å². The number of benzene rings is 1. The van der Waals surface area contributed by atoms with Gasteiger partial charge in [0.25, 0.3) is 0 Å². The Labute approximate surface area is 78.7 Å². The number of rotatable bonds is 1. The summed E-state index contributed by atoms with van der Waals surface area (Å²) in [5.74, 6) is 0. The summed E-state index contributed by atoms with van der Waals surface area (Å²) in [4.78, 5) is 0. The van der Waals surface area contributed by atoms with Crippen molar-refractivity contribution in [3.05, 3.63) is 35.4 Å². The van der Waals surface area contributed by atoms with Crippen LogP contribution in [-0.2, 0) is 0 Å². The molecule has 0 saturated carbocycles. The van der Waals surface area contributed by atoms with Crippen molar-refractivity contribution in [3.63, 3.8) is 0 Å². The third-order valence-electron chi connectivity index (χ3n) is 1.32. The molecule has 0 aromatic heterocycles. The molecular formula is C8H5BrClN. The standard InChI is InChI=1S/C8H5BrClN/c9-8(10)7-4-2-1-3-6(7)5-11/h1-4,8H. The van der Waals surface area contributed by atoms with Gasteiger partial charge in [0.2, 0.25) is 0 Å². The summed E-state index contributed by atoms with van der Waals surface area (Å²) >= 11 is 8.94. The summed E-state index contributed by atoms with van der Waals surface area (Å²) in [6, 6.07) is 9.30. The van der Waals surface area contributed by atoms with Gasteiger partial charge in [-0.25, -0.2) is 0 Å². The first-order chi connectivity index (χ1) is 5.25. The lowest BCUT2D eigenvalue weighted by molar-refractivity contribution is 1.34. The molecule has 1 aromatic carbocycles. The Morgan fingerprint density at radius 1 is 1.45 bits per heavy atom. The maximum absolute atomic E-state index is 8.64. The van der Waals surface area contributed by atoms with E-state index in [1.54, 1.807) is 6.07 Å². The molecule has 1 atom stereocenters. The lowest BCUT2D eigenvalue weighted by Crippen LogP contribution is -1.85. The molecule has 1 unspecified atom stereocenters. The van der Waals surface area contributed by atoms with Crippen LogP contribution in [0.2, 0.25) is 0 Å². The quantitative estimate of drug-likeness (QED) is 0.680. The van der Waals surface area contributed by atoms with Crippen molar-refractivity contribution < 1.29 is 0 Å². The van der Waals surface area contributed by atoms with Crippen LogP contribution in [0.5, 0.6) is 0 Å². The topological polar surface area (TPSA) is 23.8 Å². The van der Waals surface area contributed by atoms with Gasteiger partial charge in [-0.2, -0.15) is 5.26 Å². The molecule has 0 bridgehead atoms. The highest BCUT2D eigenvalue weighted by Crippen LogP contribution is 2.28. The van der Waals surface area contributed by atoms with Crippen LogP contribution >= 0.6 is 27.5 Å². The number of hydrogen-bond donors (Lipinski definition) is 0. The van der Waals surface area contributed by atoms with Crippen molar-refractivity contribution in [2.75, 3.05) is 0 Å². The van der Waals surface area contributed by atoms with Gasteiger partial charge < -0.3 is 0 Å². The predicted octanol–water partition coefficient (Wildman–Crippen LogP) is 3.19. The normalized spacial score (nSPS) is 12.1. The van der Waals surface area contributed by atoms with Gasteiger partial charge in [0, 0.05) is 0 Å². The third kappa shape index (κ3) is 1.95. The summed E-state index contributed by atoms with van der Waals surface area (Å²) < 4.78 is -0.279. The molecule has 0 amide bonds. The average molecular weight is 230 g/mol. The fraction of sp³-hybridized carbons (Fsp3) is 0.125. The SMILES string of the molecule is N#Cc1ccccc1C(Cl)Br. The number of halogens is 2. The van der Waals surface area contributed by atoms with Crippen LogP contribution in [0.4, 0.5) is 0 Å². The van der Waals surface area contributed by atoms with E-state index in [9.17, 15) is 0 Å². The van der Waals surface area contributed by atoms with Gasteiger partial charge in [-0.1, -0.05) is 34.1 Å². The summed E-state index contributed by atoms with van der Waals surface area (Å²) in [5.41, 5.74) is 1.43. The highest BCUT2D eigenvalue weighted by molar-refractivity contribution is 9.09. The molecule has 0 heterocycles. The molecule has 1 aromatic rings. The zero-order valence-corrected chi connectivity index (χ0v) is 7.93. The fourth-order valence-electron chi connectivity index (χ4n) is 0.789. The van der Waals surface area contributed by atoms with E-state index >= 15 is 0 Å². The first-order valence-electron chi connectivity index (χ1n) is 3.03. The minimum atomic E-state index is -0.279. The molecule has 0 N–H and O–H groups in total. The first-order valence-corrected chi connectivity index (χ1v) is 4.38. The van der Waals surface area contributed by atoms with E-state index in [0.717, 1.165) is 5.56 Å². The first kappa shape index (κ1) is 8.58. The van der Waals surface area contributed by atoms with Gasteiger partial charge in [0.1, 0.15) is 4.29 Å². The zero-order valence-electron chi connectivity index (χ0n) is 5.59. The molecule has 3 heteroatoms. The van der Waals surface area contributed by atoms with Crippen LogP contribution in [0.3, 0.4) is 0 Å². The molecule has 1 rings (SSSR count). The molecule has 0 aliphatic carbocycles. The molecular weight excluding hydrogens is 225 g/mol. The van der Waals surface area contributed by atoms with Crippen molar-refractivity contribution in [1.82, 2.24) is 0 Å². The van der Waals surface area contributed by atoms with Crippen LogP contribution < -0.4 is 0 Å². The summed E-state index contributed by atoms with van der Waals surface area (Å²) in [6.45, 7) is 0. The van der Waals surface area contributed by atoms with Crippen LogP contribution in [0.15, 0.2) is 24.3 Å². The van der Waals surface area contributed by atoms with Crippen molar-refractivity contribution in [3.8, 4) is 6.07 Å². The predicted molar refractivity (Wildman–Crippen MR) is 48.7 cm³/mol. The second kappa shape index (κ2) is 3.75. The Hall–Kier alpha value is -0.520. The van der Waals surface area contributed by atoms with E-state index in [-0.39, 0.29) is 4.29 Å². The maximum atomic E-state index is 8.64. The number of hydrogen-bond acceptors (Lipinski definition) is 1. The number of nitriles is 1. The monoisotopic (exact) mass is 229 g/mol. The number of nitrogens with zero attached hydrogens (tertiary/aromatic N) is 1. The zero-order chi connectivity index (χ0) is 8.27. The van der Waals surface area contributed by atoms with E-state index in [1.165, 1.54) is 0 Å². The van der Waals surface area contributed by atoms with Crippen LogP contribution in [-0.4, -0.2) is 0 Å². The minimum absolute atomic E-state index is 0.279. The Morgan fingerprint density at radius 2 is 2.09 bits per heavy atom. The summed E-state index contributed by atoms with van der Waals surface area (Å²) in [7, 11) is 0.